The van der Waals surface area contributed by atoms with E-state index in [1.807, 2.05) is 0 Å². The molecule has 1 rings (SSSR count). The summed E-state index contributed by atoms with van der Waals surface area (Å²) in [6.07, 6.45) is 4.54. The first-order valence-corrected chi connectivity index (χ1v) is 5.65. The summed E-state index contributed by atoms with van der Waals surface area (Å²) in [7, 11) is 0. The number of rotatable bonds is 5. The third kappa shape index (κ3) is 3.26. The Bertz CT molecular complexity index is 128. The fraction of sp³-hybridized carbons (Fsp3) is 1.00. The van der Waals surface area contributed by atoms with Crippen LogP contribution in [0, 0.1) is 5.92 Å². The Morgan fingerprint density at radius 2 is 2.08 bits per heavy atom. The van der Waals surface area contributed by atoms with Crippen LogP contribution in [0.25, 0.3) is 0 Å². The molecular weight excluding hydrogens is 165 g/mol. The van der Waals surface area contributed by atoms with Crippen LogP contribution in [0.15, 0.2) is 0 Å². The molecule has 2 atom stereocenters. The van der Waals surface area contributed by atoms with Crippen LogP contribution in [0.5, 0.6) is 0 Å². The van der Waals surface area contributed by atoms with Gasteiger partial charge in [0.1, 0.15) is 6.17 Å². The highest BCUT2D eigenvalue weighted by Gasteiger charge is 2.25. The second-order valence-electron chi connectivity index (χ2n) is 4.14. The van der Waals surface area contributed by atoms with E-state index < -0.39 is 6.17 Å². The smallest absolute Gasteiger partial charge is 0.116 e. The molecule has 1 fully saturated rings. The second-order valence-corrected chi connectivity index (χ2v) is 4.14. The lowest BCUT2D eigenvalue weighted by Gasteiger charge is -2.20. The molecule has 1 saturated heterocycles. The second kappa shape index (κ2) is 5.58. The summed E-state index contributed by atoms with van der Waals surface area (Å²) >= 11 is 0. The zero-order valence-electron chi connectivity index (χ0n) is 8.85. The lowest BCUT2D eigenvalue weighted by molar-refractivity contribution is 0.211. The molecule has 1 nitrogen and oxygen atoms in total. The molecule has 78 valence electrons. The number of alkyl halides is 1. The van der Waals surface area contributed by atoms with Gasteiger partial charge in [0.2, 0.25) is 0 Å². The zero-order chi connectivity index (χ0) is 9.68. The van der Waals surface area contributed by atoms with Gasteiger partial charge in [-0.25, -0.2) is 4.39 Å². The third-order valence-electron chi connectivity index (χ3n) is 3.25. The molecule has 0 aliphatic carbocycles. The molecule has 0 aromatic carbocycles. The van der Waals surface area contributed by atoms with Gasteiger partial charge in [-0.1, -0.05) is 26.7 Å². The van der Waals surface area contributed by atoms with Gasteiger partial charge in [0.25, 0.3) is 0 Å². The van der Waals surface area contributed by atoms with Gasteiger partial charge >= 0.3 is 0 Å². The standard InChI is InChI=1S/C11H22FN/c1-3-9(4-2)8-10(12)11-6-5-7-13-11/h9-11,13H,3-8H2,1-2H3. The largest absolute Gasteiger partial charge is 0.311 e. The molecule has 0 radical (unpaired) electrons. The summed E-state index contributed by atoms with van der Waals surface area (Å²) in [5.41, 5.74) is 0. The third-order valence-corrected chi connectivity index (χ3v) is 3.25. The van der Waals surface area contributed by atoms with Crippen molar-refractivity contribution in [2.45, 2.75) is 58.2 Å². The summed E-state index contributed by atoms with van der Waals surface area (Å²) in [4.78, 5) is 0. The summed E-state index contributed by atoms with van der Waals surface area (Å²) in [6, 6.07) is 0.153. The molecule has 1 aliphatic rings. The lowest BCUT2D eigenvalue weighted by atomic mass is 9.93. The molecule has 0 bridgehead atoms. The summed E-state index contributed by atoms with van der Waals surface area (Å²) in [6.45, 7) is 5.32. The summed E-state index contributed by atoms with van der Waals surface area (Å²) < 4.78 is 13.7. The fourth-order valence-corrected chi connectivity index (χ4v) is 2.12. The van der Waals surface area contributed by atoms with Crippen LogP contribution in [-0.4, -0.2) is 18.8 Å². The molecule has 1 aliphatic heterocycles. The molecule has 0 aromatic heterocycles. The van der Waals surface area contributed by atoms with E-state index in [2.05, 4.69) is 19.2 Å². The van der Waals surface area contributed by atoms with Crippen molar-refractivity contribution >= 4 is 0 Å². The van der Waals surface area contributed by atoms with Gasteiger partial charge in [-0.2, -0.15) is 0 Å². The lowest BCUT2D eigenvalue weighted by Crippen LogP contribution is -2.33. The van der Waals surface area contributed by atoms with Crippen molar-refractivity contribution in [3.8, 4) is 0 Å². The molecule has 1 heterocycles. The van der Waals surface area contributed by atoms with Gasteiger partial charge in [0.15, 0.2) is 0 Å². The van der Waals surface area contributed by atoms with Crippen LogP contribution >= 0.6 is 0 Å². The Balaban J connectivity index is 2.25. The molecule has 0 saturated carbocycles. The van der Waals surface area contributed by atoms with Crippen LogP contribution in [0.3, 0.4) is 0 Å². The van der Waals surface area contributed by atoms with Crippen molar-refractivity contribution in [3.63, 3.8) is 0 Å². The SMILES string of the molecule is CCC(CC)CC(F)C1CCCN1. The van der Waals surface area contributed by atoms with Gasteiger partial charge < -0.3 is 5.32 Å². The maximum atomic E-state index is 13.7. The Hall–Kier alpha value is -0.110. The Morgan fingerprint density at radius 3 is 2.54 bits per heavy atom. The summed E-state index contributed by atoms with van der Waals surface area (Å²) in [5, 5.41) is 3.23. The van der Waals surface area contributed by atoms with E-state index in [-0.39, 0.29) is 6.04 Å². The van der Waals surface area contributed by atoms with E-state index in [1.165, 1.54) is 0 Å². The number of hydrogen-bond donors (Lipinski definition) is 1. The predicted molar refractivity (Wildman–Crippen MR) is 54.6 cm³/mol. The molecule has 1 N–H and O–H groups in total. The van der Waals surface area contributed by atoms with Crippen LogP contribution in [0.2, 0.25) is 0 Å². The van der Waals surface area contributed by atoms with Crippen molar-refractivity contribution in [1.82, 2.24) is 5.32 Å². The maximum Gasteiger partial charge on any atom is 0.116 e. The highest BCUT2D eigenvalue weighted by atomic mass is 19.1. The van der Waals surface area contributed by atoms with E-state index >= 15 is 0 Å². The minimum atomic E-state index is -0.618. The van der Waals surface area contributed by atoms with E-state index in [0.29, 0.717) is 5.92 Å². The van der Waals surface area contributed by atoms with Gasteiger partial charge in [-0.05, 0) is 31.7 Å². The summed E-state index contributed by atoms with van der Waals surface area (Å²) in [5.74, 6) is 0.581. The maximum absolute atomic E-state index is 13.7. The molecule has 13 heavy (non-hydrogen) atoms. The number of hydrogen-bond acceptors (Lipinski definition) is 1. The van der Waals surface area contributed by atoms with Gasteiger partial charge in [-0.3, -0.25) is 0 Å². The molecular formula is C11H22FN. The van der Waals surface area contributed by atoms with Crippen LogP contribution in [0.1, 0.15) is 46.0 Å². The van der Waals surface area contributed by atoms with Crippen molar-refractivity contribution in [3.05, 3.63) is 0 Å². The quantitative estimate of drug-likeness (QED) is 0.698. The molecule has 2 unspecified atom stereocenters. The molecule has 0 aromatic rings. The van der Waals surface area contributed by atoms with Crippen LogP contribution in [-0.2, 0) is 0 Å². The average molecular weight is 187 g/mol. The molecule has 2 heteroatoms. The van der Waals surface area contributed by atoms with Crippen LogP contribution < -0.4 is 5.32 Å². The first-order chi connectivity index (χ1) is 6.27. The van der Waals surface area contributed by atoms with Crippen molar-refractivity contribution in [1.29, 1.82) is 0 Å². The van der Waals surface area contributed by atoms with Gasteiger partial charge in [0, 0.05) is 6.04 Å². The van der Waals surface area contributed by atoms with E-state index in [9.17, 15) is 4.39 Å². The van der Waals surface area contributed by atoms with Crippen molar-refractivity contribution in [2.75, 3.05) is 6.54 Å². The Morgan fingerprint density at radius 1 is 1.38 bits per heavy atom. The minimum absolute atomic E-state index is 0.153. The van der Waals surface area contributed by atoms with Gasteiger partial charge in [-0.15, -0.1) is 0 Å². The highest BCUT2D eigenvalue weighted by Crippen LogP contribution is 2.22. The Labute approximate surface area is 81.1 Å². The first kappa shape index (κ1) is 11.0. The van der Waals surface area contributed by atoms with Crippen molar-refractivity contribution in [2.24, 2.45) is 5.92 Å². The van der Waals surface area contributed by atoms with Gasteiger partial charge in [0.05, 0.1) is 0 Å². The topological polar surface area (TPSA) is 12.0 Å². The molecule has 0 amide bonds. The average Bonchev–Trinajstić information content (AvgIpc) is 2.66. The minimum Gasteiger partial charge on any atom is -0.311 e. The number of halogens is 1. The fourth-order valence-electron chi connectivity index (χ4n) is 2.12. The Kier molecular flexibility index (Phi) is 4.71. The van der Waals surface area contributed by atoms with Crippen molar-refractivity contribution < 1.29 is 4.39 Å². The van der Waals surface area contributed by atoms with E-state index in [4.69, 9.17) is 0 Å². The first-order valence-electron chi connectivity index (χ1n) is 5.65. The van der Waals surface area contributed by atoms with E-state index in [1.54, 1.807) is 0 Å². The predicted octanol–water partition coefficient (Wildman–Crippen LogP) is 2.90. The number of nitrogens with one attached hydrogen (secondary N) is 1. The van der Waals surface area contributed by atoms with Crippen LogP contribution in [0.4, 0.5) is 4.39 Å². The normalized spacial score (nSPS) is 25.4. The highest BCUT2D eigenvalue weighted by molar-refractivity contribution is 4.82. The van der Waals surface area contributed by atoms with E-state index in [0.717, 1.165) is 38.6 Å². The zero-order valence-corrected chi connectivity index (χ0v) is 8.85. The monoisotopic (exact) mass is 187 g/mol. The molecule has 0 spiro atoms.